The van der Waals surface area contributed by atoms with Gasteiger partial charge in [-0.15, -0.1) is 0 Å². The van der Waals surface area contributed by atoms with Crippen LogP contribution < -0.4 is 10.2 Å². The Morgan fingerprint density at radius 1 is 1.23 bits per heavy atom. The lowest BCUT2D eigenvalue weighted by atomic mass is 10.2. The number of methoxy groups -OCH3 is 1. The average molecular weight is 181 g/mol. The molecule has 1 aromatic rings. The molecule has 3 nitrogen and oxygen atoms in total. The van der Waals surface area contributed by atoms with Crippen molar-refractivity contribution in [2.45, 2.75) is 13.5 Å². The van der Waals surface area contributed by atoms with Crippen LogP contribution >= 0.6 is 0 Å². The summed E-state index contributed by atoms with van der Waals surface area (Å²) in [6.07, 6.45) is 0. The van der Waals surface area contributed by atoms with Crippen LogP contribution in [0.3, 0.4) is 0 Å². The fourth-order valence-electron chi connectivity index (χ4n) is 0.980. The molecular formula is C10H15NO2. The van der Waals surface area contributed by atoms with Gasteiger partial charge in [0.05, 0.1) is 13.7 Å². The summed E-state index contributed by atoms with van der Waals surface area (Å²) in [6, 6.07) is 7.88. The molecule has 0 fully saturated rings. The van der Waals surface area contributed by atoms with Crippen molar-refractivity contribution in [2.75, 3.05) is 13.7 Å². The molecule has 0 aliphatic heterocycles. The zero-order valence-electron chi connectivity index (χ0n) is 8.04. The number of hydrogen-bond acceptors (Lipinski definition) is 3. The molecule has 0 bridgehead atoms. The molecule has 1 rings (SSSR count). The molecule has 0 atom stereocenters. The number of nitrogens with one attached hydrogen (secondary N) is 1. The molecule has 0 aromatic heterocycles. The van der Waals surface area contributed by atoms with Crippen LogP contribution in [0.15, 0.2) is 24.3 Å². The minimum Gasteiger partial charge on any atom is -0.497 e. The Labute approximate surface area is 78.6 Å². The van der Waals surface area contributed by atoms with E-state index in [1.807, 2.05) is 31.2 Å². The van der Waals surface area contributed by atoms with Crippen LogP contribution in [0, 0.1) is 0 Å². The average Bonchev–Trinajstić information content (AvgIpc) is 2.19. The lowest BCUT2D eigenvalue weighted by Crippen LogP contribution is -2.13. The van der Waals surface area contributed by atoms with Gasteiger partial charge in [-0.25, -0.2) is 0 Å². The summed E-state index contributed by atoms with van der Waals surface area (Å²) in [5.41, 5.74) is 4.02. The van der Waals surface area contributed by atoms with Crippen LogP contribution in [0.25, 0.3) is 0 Å². The summed E-state index contributed by atoms with van der Waals surface area (Å²) in [7, 11) is 1.66. The molecule has 1 N–H and O–H groups in total. The van der Waals surface area contributed by atoms with Crippen LogP contribution in [0.5, 0.6) is 5.75 Å². The van der Waals surface area contributed by atoms with Crippen LogP contribution in [0.2, 0.25) is 0 Å². The predicted molar refractivity (Wildman–Crippen MR) is 51.5 cm³/mol. The molecule has 1 aromatic carbocycles. The maximum atomic E-state index is 5.04. The third-order valence-corrected chi connectivity index (χ3v) is 1.68. The van der Waals surface area contributed by atoms with Crippen LogP contribution in [0.4, 0.5) is 0 Å². The topological polar surface area (TPSA) is 30.5 Å². The quantitative estimate of drug-likeness (QED) is 0.554. The first-order valence-electron chi connectivity index (χ1n) is 4.34. The normalized spacial score (nSPS) is 10.0. The van der Waals surface area contributed by atoms with Gasteiger partial charge in [0, 0.05) is 6.54 Å². The summed E-state index contributed by atoms with van der Waals surface area (Å²) >= 11 is 0. The Kier molecular flexibility index (Phi) is 4.29. The minimum absolute atomic E-state index is 0.677. The van der Waals surface area contributed by atoms with Gasteiger partial charge in [0.2, 0.25) is 0 Å². The zero-order valence-corrected chi connectivity index (χ0v) is 8.04. The van der Waals surface area contributed by atoms with Crippen molar-refractivity contribution >= 4 is 0 Å². The first-order valence-corrected chi connectivity index (χ1v) is 4.34. The van der Waals surface area contributed by atoms with Gasteiger partial charge in [0.25, 0.3) is 0 Å². The van der Waals surface area contributed by atoms with Crippen molar-refractivity contribution < 1.29 is 9.57 Å². The van der Waals surface area contributed by atoms with Gasteiger partial charge in [-0.3, -0.25) is 0 Å². The van der Waals surface area contributed by atoms with Crippen molar-refractivity contribution in [3.05, 3.63) is 29.8 Å². The minimum atomic E-state index is 0.677. The molecular weight excluding hydrogens is 166 g/mol. The Morgan fingerprint density at radius 2 is 1.92 bits per heavy atom. The van der Waals surface area contributed by atoms with E-state index in [2.05, 4.69) is 5.48 Å². The molecule has 13 heavy (non-hydrogen) atoms. The van der Waals surface area contributed by atoms with E-state index >= 15 is 0 Å². The second kappa shape index (κ2) is 5.56. The van der Waals surface area contributed by atoms with E-state index in [1.165, 1.54) is 5.56 Å². The van der Waals surface area contributed by atoms with E-state index in [0.717, 1.165) is 12.3 Å². The lowest BCUT2D eigenvalue weighted by Gasteiger charge is -2.04. The Morgan fingerprint density at radius 3 is 2.46 bits per heavy atom. The van der Waals surface area contributed by atoms with E-state index in [4.69, 9.17) is 9.57 Å². The Balaban J connectivity index is 2.40. The molecule has 72 valence electrons. The van der Waals surface area contributed by atoms with E-state index in [-0.39, 0.29) is 0 Å². The van der Waals surface area contributed by atoms with E-state index in [9.17, 15) is 0 Å². The number of benzene rings is 1. The second-order valence-electron chi connectivity index (χ2n) is 2.60. The van der Waals surface area contributed by atoms with Gasteiger partial charge < -0.3 is 9.57 Å². The van der Waals surface area contributed by atoms with Crippen molar-refractivity contribution in [1.82, 2.24) is 5.48 Å². The lowest BCUT2D eigenvalue weighted by molar-refractivity contribution is 0.0463. The van der Waals surface area contributed by atoms with Gasteiger partial charge in [-0.05, 0) is 24.6 Å². The van der Waals surface area contributed by atoms with Gasteiger partial charge in [-0.2, -0.15) is 5.48 Å². The number of rotatable bonds is 5. The molecule has 0 aliphatic carbocycles. The monoisotopic (exact) mass is 181 g/mol. The van der Waals surface area contributed by atoms with E-state index < -0.39 is 0 Å². The summed E-state index contributed by atoms with van der Waals surface area (Å²) < 4.78 is 5.04. The molecule has 0 aliphatic rings. The van der Waals surface area contributed by atoms with E-state index in [0.29, 0.717) is 6.61 Å². The first-order chi connectivity index (χ1) is 6.36. The number of hydroxylamine groups is 1. The summed E-state index contributed by atoms with van der Waals surface area (Å²) in [4.78, 5) is 5.01. The maximum absolute atomic E-state index is 5.04. The number of hydrogen-bond donors (Lipinski definition) is 1. The first kappa shape index (κ1) is 10.0. The molecule has 0 amide bonds. The Hall–Kier alpha value is -1.06. The highest BCUT2D eigenvalue weighted by Gasteiger charge is 1.92. The largest absolute Gasteiger partial charge is 0.497 e. The van der Waals surface area contributed by atoms with E-state index in [1.54, 1.807) is 7.11 Å². The summed E-state index contributed by atoms with van der Waals surface area (Å²) in [6.45, 7) is 3.34. The van der Waals surface area contributed by atoms with Crippen molar-refractivity contribution in [2.24, 2.45) is 0 Å². The van der Waals surface area contributed by atoms with Crippen LogP contribution in [-0.4, -0.2) is 13.7 Å². The highest BCUT2D eigenvalue weighted by Crippen LogP contribution is 2.10. The molecule has 3 heteroatoms. The SMILES string of the molecule is CCONCc1ccc(OC)cc1. The molecule has 0 saturated heterocycles. The highest BCUT2D eigenvalue weighted by molar-refractivity contribution is 5.26. The van der Waals surface area contributed by atoms with Crippen molar-refractivity contribution in [1.29, 1.82) is 0 Å². The highest BCUT2D eigenvalue weighted by atomic mass is 16.6. The molecule has 0 saturated carbocycles. The predicted octanol–water partition coefficient (Wildman–Crippen LogP) is 1.74. The molecule has 0 unspecified atom stereocenters. The third kappa shape index (κ3) is 3.44. The fraction of sp³-hybridized carbons (Fsp3) is 0.400. The zero-order chi connectivity index (χ0) is 9.52. The summed E-state index contributed by atoms with van der Waals surface area (Å²) in [5, 5.41) is 0. The van der Waals surface area contributed by atoms with Gasteiger partial charge in [0.15, 0.2) is 0 Å². The summed E-state index contributed by atoms with van der Waals surface area (Å²) in [5.74, 6) is 0.875. The standard InChI is InChI=1S/C10H15NO2/c1-3-13-11-8-9-4-6-10(12-2)7-5-9/h4-7,11H,3,8H2,1-2H3. The molecule has 0 radical (unpaired) electrons. The smallest absolute Gasteiger partial charge is 0.118 e. The number of ether oxygens (including phenoxy) is 1. The van der Waals surface area contributed by atoms with Crippen LogP contribution in [0.1, 0.15) is 12.5 Å². The van der Waals surface area contributed by atoms with Gasteiger partial charge in [0.1, 0.15) is 5.75 Å². The molecule has 0 spiro atoms. The van der Waals surface area contributed by atoms with Crippen molar-refractivity contribution in [3.8, 4) is 5.75 Å². The molecule has 0 heterocycles. The Bertz CT molecular complexity index is 233. The third-order valence-electron chi connectivity index (χ3n) is 1.68. The van der Waals surface area contributed by atoms with Gasteiger partial charge in [-0.1, -0.05) is 12.1 Å². The fourth-order valence-corrected chi connectivity index (χ4v) is 0.980. The second-order valence-corrected chi connectivity index (χ2v) is 2.60. The van der Waals surface area contributed by atoms with Crippen molar-refractivity contribution in [3.63, 3.8) is 0 Å². The maximum Gasteiger partial charge on any atom is 0.118 e. The van der Waals surface area contributed by atoms with Crippen LogP contribution in [-0.2, 0) is 11.4 Å². The van der Waals surface area contributed by atoms with Gasteiger partial charge >= 0.3 is 0 Å².